The van der Waals surface area contributed by atoms with Crippen LogP contribution in [0.2, 0.25) is 0 Å². The maximum Gasteiger partial charge on any atom is 0.188 e. The summed E-state index contributed by atoms with van der Waals surface area (Å²) in [4.78, 5) is 15.3. The quantitative estimate of drug-likeness (QED) is 0.194. The molecule has 1 atom stereocenters. The molecule has 0 spiro atoms. The van der Waals surface area contributed by atoms with Crippen LogP contribution in [0.15, 0.2) is 60.8 Å². The number of hydrogen-bond donors (Lipinski definition) is 4. The van der Waals surface area contributed by atoms with E-state index in [9.17, 15) is 0 Å². The van der Waals surface area contributed by atoms with E-state index in [1.807, 2.05) is 29.3 Å². The van der Waals surface area contributed by atoms with Crippen molar-refractivity contribution in [2.45, 2.75) is 43.4 Å². The molecular formula is C30H37N7O2. The molecule has 1 aliphatic rings. The number of nitrogens with one attached hydrogen (secondary N) is 2. The molecule has 0 radical (unpaired) electrons. The monoisotopic (exact) mass is 527 g/mol. The molecule has 9 heteroatoms. The summed E-state index contributed by atoms with van der Waals surface area (Å²) in [6.45, 7) is 3.69. The summed E-state index contributed by atoms with van der Waals surface area (Å²) in [5.74, 6) is 2.38. The third kappa shape index (κ3) is 4.84. The number of benzene rings is 2. The zero-order chi connectivity index (χ0) is 27.6. The van der Waals surface area contributed by atoms with Gasteiger partial charge in [0.1, 0.15) is 11.6 Å². The Labute approximate surface area is 229 Å². The summed E-state index contributed by atoms with van der Waals surface area (Å²) in [5.41, 5.74) is 14.8. The third-order valence-electron chi connectivity index (χ3n) is 8.47. The van der Waals surface area contributed by atoms with E-state index in [4.69, 9.17) is 36.3 Å². The van der Waals surface area contributed by atoms with Crippen molar-refractivity contribution in [3.8, 4) is 11.5 Å². The molecule has 6 N–H and O–H groups in total. The summed E-state index contributed by atoms with van der Waals surface area (Å²) >= 11 is 0. The van der Waals surface area contributed by atoms with Gasteiger partial charge in [-0.1, -0.05) is 30.3 Å². The first kappa shape index (κ1) is 26.3. The zero-order valence-electron chi connectivity index (χ0n) is 22.8. The predicted molar refractivity (Wildman–Crippen MR) is 154 cm³/mol. The van der Waals surface area contributed by atoms with Crippen molar-refractivity contribution in [1.29, 1.82) is 5.41 Å². The second kappa shape index (κ2) is 10.5. The van der Waals surface area contributed by atoms with Crippen LogP contribution in [0, 0.1) is 5.41 Å². The Morgan fingerprint density at radius 2 is 1.74 bits per heavy atom. The number of nitrogens with two attached hydrogens (primary N) is 2. The van der Waals surface area contributed by atoms with Crippen LogP contribution in [0.25, 0.3) is 10.9 Å². The Morgan fingerprint density at radius 3 is 2.36 bits per heavy atom. The second-order valence-electron chi connectivity index (χ2n) is 10.6. The van der Waals surface area contributed by atoms with Crippen molar-refractivity contribution in [2.24, 2.45) is 5.73 Å². The normalized spacial score (nSPS) is 16.5. The van der Waals surface area contributed by atoms with E-state index in [0.717, 1.165) is 49.9 Å². The van der Waals surface area contributed by atoms with Gasteiger partial charge in [-0.25, -0.2) is 9.97 Å². The van der Waals surface area contributed by atoms with E-state index in [-0.39, 0.29) is 11.4 Å². The average molecular weight is 528 g/mol. The van der Waals surface area contributed by atoms with Gasteiger partial charge in [-0.05, 0) is 61.8 Å². The number of rotatable bonds is 8. The highest BCUT2D eigenvalue weighted by atomic mass is 16.5. The van der Waals surface area contributed by atoms with Crippen LogP contribution in [0.5, 0.6) is 11.5 Å². The predicted octanol–water partition coefficient (Wildman–Crippen LogP) is 4.57. The van der Waals surface area contributed by atoms with Gasteiger partial charge in [0.25, 0.3) is 0 Å². The van der Waals surface area contributed by atoms with Crippen LogP contribution >= 0.6 is 0 Å². The molecule has 39 heavy (non-hydrogen) atoms. The number of methoxy groups -OCH3 is 2. The minimum Gasteiger partial charge on any atom is -0.493 e. The van der Waals surface area contributed by atoms with E-state index in [1.165, 1.54) is 5.56 Å². The number of fused-ring (bicyclic) bond motifs is 1. The smallest absolute Gasteiger partial charge is 0.188 e. The molecule has 1 aliphatic heterocycles. The van der Waals surface area contributed by atoms with Gasteiger partial charge < -0.3 is 30.8 Å². The number of ether oxygens (including phenoxy) is 2. The fourth-order valence-corrected chi connectivity index (χ4v) is 5.91. The number of likely N-dealkylation sites (tertiary alicyclic amines) is 1. The van der Waals surface area contributed by atoms with Gasteiger partial charge in [0.05, 0.1) is 25.2 Å². The number of guanidine groups is 1. The van der Waals surface area contributed by atoms with Crippen molar-refractivity contribution >= 4 is 22.7 Å². The highest BCUT2D eigenvalue weighted by molar-refractivity contribution is 5.91. The highest BCUT2D eigenvalue weighted by Crippen LogP contribution is 2.45. The van der Waals surface area contributed by atoms with Gasteiger partial charge in [-0.15, -0.1) is 0 Å². The maximum absolute atomic E-state index is 7.93. The van der Waals surface area contributed by atoms with E-state index >= 15 is 0 Å². The first-order valence-corrected chi connectivity index (χ1v) is 13.3. The summed E-state index contributed by atoms with van der Waals surface area (Å²) < 4.78 is 11.0. The molecule has 5 rings (SSSR count). The van der Waals surface area contributed by atoms with Crippen molar-refractivity contribution in [3.05, 3.63) is 77.9 Å². The molecule has 0 aliphatic carbocycles. The number of H-pyrrole nitrogens is 1. The fourth-order valence-electron chi connectivity index (χ4n) is 5.91. The second-order valence-corrected chi connectivity index (χ2v) is 10.6. The Balaban J connectivity index is 1.56. The zero-order valence-corrected chi connectivity index (χ0v) is 22.8. The molecule has 204 valence electrons. The maximum atomic E-state index is 7.93. The molecule has 3 heterocycles. The van der Waals surface area contributed by atoms with Gasteiger partial charge in [0, 0.05) is 36.4 Å². The molecule has 1 unspecified atom stereocenters. The van der Waals surface area contributed by atoms with Gasteiger partial charge >= 0.3 is 0 Å². The van der Waals surface area contributed by atoms with Crippen LogP contribution in [0.4, 0.5) is 5.82 Å². The molecule has 1 saturated heterocycles. The Kier molecular flexibility index (Phi) is 7.08. The van der Waals surface area contributed by atoms with Gasteiger partial charge in [0.15, 0.2) is 17.5 Å². The summed E-state index contributed by atoms with van der Waals surface area (Å²) in [6, 6.07) is 18.5. The van der Waals surface area contributed by atoms with Crippen LogP contribution in [0.3, 0.4) is 0 Å². The number of aromatic nitrogens is 3. The summed E-state index contributed by atoms with van der Waals surface area (Å²) in [6.07, 6.45) is 5.46. The van der Waals surface area contributed by atoms with E-state index < -0.39 is 5.41 Å². The molecule has 9 nitrogen and oxygen atoms in total. The van der Waals surface area contributed by atoms with Crippen LogP contribution < -0.4 is 20.9 Å². The first-order chi connectivity index (χ1) is 18.8. The largest absolute Gasteiger partial charge is 0.493 e. The lowest BCUT2D eigenvalue weighted by Crippen LogP contribution is -2.48. The number of hydrogen-bond acceptors (Lipinski definition) is 6. The minimum atomic E-state index is -0.529. The van der Waals surface area contributed by atoms with E-state index in [0.29, 0.717) is 28.7 Å². The lowest BCUT2D eigenvalue weighted by Gasteiger charge is -2.44. The third-order valence-corrected chi connectivity index (χ3v) is 8.47. The molecule has 2 aromatic carbocycles. The Morgan fingerprint density at radius 1 is 1.05 bits per heavy atom. The number of piperidine rings is 1. The molecule has 0 bridgehead atoms. The molecule has 2 aromatic heterocycles. The van der Waals surface area contributed by atoms with E-state index in [1.54, 1.807) is 14.2 Å². The van der Waals surface area contributed by atoms with Crippen LogP contribution in [0.1, 0.15) is 49.7 Å². The Bertz CT molecular complexity index is 1450. The molecule has 0 saturated carbocycles. The van der Waals surface area contributed by atoms with Crippen LogP contribution in [-0.2, 0) is 10.8 Å². The van der Waals surface area contributed by atoms with Crippen molar-refractivity contribution in [2.75, 3.05) is 33.0 Å². The van der Waals surface area contributed by atoms with Crippen molar-refractivity contribution in [1.82, 2.24) is 19.9 Å². The van der Waals surface area contributed by atoms with Gasteiger partial charge in [0.2, 0.25) is 0 Å². The summed E-state index contributed by atoms with van der Waals surface area (Å²) in [5, 5.41) is 8.65. The number of aromatic amines is 1. The molecule has 4 aromatic rings. The molecule has 0 amide bonds. The lowest BCUT2D eigenvalue weighted by atomic mass is 9.66. The molecular weight excluding hydrogens is 490 g/mol. The SMILES string of the molecule is COc1cc2nc(C(C)(CCC3(c4ccccc4)CCN(C(=N)N)CC3)c3ccc[nH]3)nc(N)c2cc1OC. The van der Waals surface area contributed by atoms with Crippen LogP contribution in [-0.4, -0.2) is 53.1 Å². The number of nitrogen functional groups attached to an aromatic ring is 1. The molecule has 1 fully saturated rings. The highest BCUT2D eigenvalue weighted by Gasteiger charge is 2.41. The van der Waals surface area contributed by atoms with Crippen molar-refractivity contribution < 1.29 is 9.47 Å². The number of anilines is 1. The van der Waals surface area contributed by atoms with Gasteiger partial charge in [-0.3, -0.25) is 5.41 Å². The average Bonchev–Trinajstić information content (AvgIpc) is 3.52. The van der Waals surface area contributed by atoms with E-state index in [2.05, 4.69) is 48.3 Å². The van der Waals surface area contributed by atoms with Gasteiger partial charge in [-0.2, -0.15) is 0 Å². The Hall–Kier alpha value is -4.27. The summed E-state index contributed by atoms with van der Waals surface area (Å²) in [7, 11) is 3.21. The first-order valence-electron chi connectivity index (χ1n) is 13.3. The van der Waals surface area contributed by atoms with Crippen molar-refractivity contribution in [3.63, 3.8) is 0 Å². The topological polar surface area (TPSA) is 139 Å². The fraction of sp³-hybridized carbons (Fsp3) is 0.367. The lowest BCUT2D eigenvalue weighted by molar-refractivity contribution is 0.198. The minimum absolute atomic E-state index is 0.0555. The number of nitrogens with zero attached hydrogens (tertiary/aromatic N) is 3. The standard InChI is InChI=1S/C30H37N7O2/c1-29(25-10-7-15-34-25,27-35-22-19-24(39-3)23(38-2)18-21(22)26(31)36-27)11-12-30(20-8-5-4-6-9-20)13-16-37(17-14-30)28(32)33/h4-10,15,18-19,34H,11-14,16-17H2,1-3H3,(H3,32,33)(H2,31,35,36).